The molecule has 2 heteroatoms. The summed E-state index contributed by atoms with van der Waals surface area (Å²) in [5, 5.41) is 0. The van der Waals surface area contributed by atoms with Crippen molar-refractivity contribution in [1.29, 1.82) is 0 Å². The number of hydrogen-bond acceptors (Lipinski definition) is 1. The van der Waals surface area contributed by atoms with Gasteiger partial charge in [0, 0.05) is 0 Å². The Morgan fingerprint density at radius 1 is 1.22 bits per heavy atom. The molecule has 0 saturated carbocycles. The zero-order chi connectivity index (χ0) is 7.65. The second kappa shape index (κ2) is 2.95. The molecule has 0 aliphatic heterocycles. The molecule has 0 unspecified atom stereocenters. The van der Waals surface area contributed by atoms with Gasteiger partial charge in [-0.05, 0) is 0 Å². The molecule has 1 nitrogen and oxygen atoms in total. The van der Waals surface area contributed by atoms with E-state index in [0.717, 1.165) is 0 Å². The molecule has 0 amide bonds. The summed E-state index contributed by atoms with van der Waals surface area (Å²) in [5.74, 6) is 0. The number of hydrogen-bond donors (Lipinski definition) is 0. The van der Waals surface area contributed by atoms with Crippen LogP contribution in [0.25, 0.3) is 0 Å². The Labute approximate surface area is 62.6 Å². The fourth-order valence-corrected chi connectivity index (χ4v) is 4.50. The van der Waals surface area contributed by atoms with Crippen LogP contribution in [0.5, 0.6) is 0 Å². The van der Waals surface area contributed by atoms with E-state index in [4.69, 9.17) is 0 Å². The summed E-state index contributed by atoms with van der Waals surface area (Å²) in [4.78, 5) is 9.26. The molecule has 9 heavy (non-hydrogen) atoms. The molecule has 0 N–H and O–H groups in total. The van der Waals surface area contributed by atoms with E-state index in [2.05, 4.69) is 40.4 Å². The predicted molar refractivity (Wildman–Crippen MR) is 46.2 cm³/mol. The number of nitrogens with zero attached hydrogens (tertiary/aromatic N) is 1. The van der Waals surface area contributed by atoms with Crippen LogP contribution in [-0.2, 0) is 0 Å². The monoisotopic (exact) mass is 235 g/mol. The van der Waals surface area contributed by atoms with Crippen molar-refractivity contribution in [2.45, 2.75) is 14.8 Å². The van der Waals surface area contributed by atoms with Crippen molar-refractivity contribution >= 4 is 18.4 Å². The average Bonchev–Trinajstić information content (AvgIpc) is 1.62. The van der Waals surface area contributed by atoms with Gasteiger partial charge in [-0.1, -0.05) is 0 Å². The molecule has 0 aromatic rings. The van der Waals surface area contributed by atoms with Crippen molar-refractivity contribution in [2.75, 3.05) is 14.1 Å². The Hall–Kier alpha value is 0.339. The van der Waals surface area contributed by atoms with Crippen LogP contribution >= 0.6 is 0 Å². The van der Waals surface area contributed by atoms with Gasteiger partial charge in [0.2, 0.25) is 0 Å². The van der Waals surface area contributed by atoms with Gasteiger partial charge < -0.3 is 0 Å². The minimum absolute atomic E-state index is 1.38. The standard InChI is InChI=1S/C4H8N.3CH3.Sn/c1-4-5(2)3;;;;/h1H2,2-3H3;3*1H3;. The fourth-order valence-electron chi connectivity index (χ4n) is 0.671. The molecule has 0 fully saturated rings. The topological polar surface area (TPSA) is 3.24 Å². The fraction of sp³-hybridized carbons (Fsp3) is 0.714. The van der Waals surface area contributed by atoms with Crippen LogP contribution in [0.4, 0.5) is 0 Å². The first kappa shape index (κ1) is 9.34. The molecule has 0 aromatic heterocycles. The summed E-state index contributed by atoms with van der Waals surface area (Å²) in [6.07, 6.45) is 0. The van der Waals surface area contributed by atoms with Crippen molar-refractivity contribution in [1.82, 2.24) is 4.90 Å². The summed E-state index contributed by atoms with van der Waals surface area (Å²) in [7, 11) is 4.15. The van der Waals surface area contributed by atoms with Crippen LogP contribution in [0, 0.1) is 0 Å². The van der Waals surface area contributed by atoms with Crippen LogP contribution in [0.15, 0.2) is 10.3 Å². The Balaban J connectivity index is 4.06. The van der Waals surface area contributed by atoms with E-state index in [1.54, 1.807) is 0 Å². The molecule has 0 aliphatic carbocycles. The van der Waals surface area contributed by atoms with Crippen molar-refractivity contribution in [3.8, 4) is 0 Å². The van der Waals surface area contributed by atoms with Crippen molar-refractivity contribution < 1.29 is 0 Å². The zero-order valence-electron chi connectivity index (χ0n) is 7.15. The SMILES string of the molecule is C=[C](N(C)C)[Sn]([CH3])([CH3])[CH3]. The van der Waals surface area contributed by atoms with Gasteiger partial charge in [0.1, 0.15) is 0 Å². The first-order chi connectivity index (χ1) is 3.85. The maximum absolute atomic E-state index is 4.04. The van der Waals surface area contributed by atoms with Gasteiger partial charge >= 0.3 is 62.5 Å². The van der Waals surface area contributed by atoms with E-state index in [9.17, 15) is 0 Å². The van der Waals surface area contributed by atoms with E-state index >= 15 is 0 Å². The summed E-state index contributed by atoms with van der Waals surface area (Å²) < 4.78 is 1.38. The van der Waals surface area contributed by atoms with E-state index in [-0.39, 0.29) is 0 Å². The van der Waals surface area contributed by atoms with E-state index in [1.165, 1.54) is 3.71 Å². The average molecular weight is 234 g/mol. The second-order valence-electron chi connectivity index (χ2n) is 3.59. The molecule has 0 saturated heterocycles. The molecule has 0 heterocycles. The van der Waals surface area contributed by atoms with Gasteiger partial charge in [0.15, 0.2) is 0 Å². The Morgan fingerprint density at radius 3 is 1.56 bits per heavy atom. The Kier molecular flexibility index (Phi) is 3.06. The van der Waals surface area contributed by atoms with Crippen LogP contribution < -0.4 is 0 Å². The third kappa shape index (κ3) is 3.13. The minimum atomic E-state index is -1.76. The molecule has 0 aliphatic rings. The van der Waals surface area contributed by atoms with Gasteiger partial charge in [0.05, 0.1) is 0 Å². The van der Waals surface area contributed by atoms with Gasteiger partial charge in [-0.15, -0.1) is 0 Å². The predicted octanol–water partition coefficient (Wildman–Crippen LogP) is 1.94. The van der Waals surface area contributed by atoms with Crippen LogP contribution in [0.1, 0.15) is 0 Å². The molecule has 0 bridgehead atoms. The summed E-state index contributed by atoms with van der Waals surface area (Å²) >= 11 is -1.76. The molecule has 0 radical (unpaired) electrons. The molecule has 54 valence electrons. The first-order valence-corrected chi connectivity index (χ1v) is 13.2. The summed E-state index contributed by atoms with van der Waals surface area (Å²) in [6.45, 7) is 4.04. The quantitative estimate of drug-likeness (QED) is 0.660. The van der Waals surface area contributed by atoms with Crippen molar-refractivity contribution in [2.24, 2.45) is 0 Å². The van der Waals surface area contributed by atoms with Crippen molar-refractivity contribution in [3.63, 3.8) is 0 Å². The molecule has 0 atom stereocenters. The molecular formula is C7H17NSn. The normalized spacial score (nSPS) is 11.2. The van der Waals surface area contributed by atoms with E-state index in [1.807, 2.05) is 0 Å². The molecule has 0 aromatic carbocycles. The van der Waals surface area contributed by atoms with Crippen molar-refractivity contribution in [3.05, 3.63) is 10.3 Å². The number of rotatable bonds is 2. The van der Waals surface area contributed by atoms with Crippen LogP contribution in [-0.4, -0.2) is 37.4 Å². The molecular weight excluding hydrogens is 217 g/mol. The van der Waals surface area contributed by atoms with Gasteiger partial charge in [-0.3, -0.25) is 0 Å². The zero-order valence-corrected chi connectivity index (χ0v) is 10.0. The van der Waals surface area contributed by atoms with Gasteiger partial charge in [0.25, 0.3) is 0 Å². The third-order valence-corrected chi connectivity index (χ3v) is 7.62. The van der Waals surface area contributed by atoms with E-state index < -0.39 is 18.4 Å². The van der Waals surface area contributed by atoms with E-state index in [0.29, 0.717) is 0 Å². The van der Waals surface area contributed by atoms with Gasteiger partial charge in [-0.2, -0.15) is 0 Å². The third-order valence-electron chi connectivity index (χ3n) is 1.41. The Morgan fingerprint density at radius 2 is 1.56 bits per heavy atom. The van der Waals surface area contributed by atoms with Crippen LogP contribution in [0.2, 0.25) is 14.8 Å². The van der Waals surface area contributed by atoms with Crippen LogP contribution in [0.3, 0.4) is 0 Å². The Bertz CT molecular complexity index is 111. The second-order valence-corrected chi connectivity index (χ2v) is 18.1. The maximum atomic E-state index is 4.04. The molecule has 0 spiro atoms. The first-order valence-electron chi connectivity index (χ1n) is 3.22. The molecule has 0 rings (SSSR count). The summed E-state index contributed by atoms with van der Waals surface area (Å²) in [5.41, 5.74) is 0. The van der Waals surface area contributed by atoms with Gasteiger partial charge in [-0.25, -0.2) is 0 Å². The summed E-state index contributed by atoms with van der Waals surface area (Å²) in [6, 6.07) is 0.